The molecule has 0 unspecified atom stereocenters. The molecule has 102 valence electrons. The molecule has 0 amide bonds. The zero-order valence-electron chi connectivity index (χ0n) is 9.99. The van der Waals surface area contributed by atoms with Gasteiger partial charge in [0, 0.05) is 6.26 Å². The molecule has 1 aromatic heterocycles. The summed E-state index contributed by atoms with van der Waals surface area (Å²) in [5, 5.41) is 8.50. The summed E-state index contributed by atoms with van der Waals surface area (Å²) in [5.74, 6) is -0.435. The number of sulfone groups is 1. The van der Waals surface area contributed by atoms with E-state index in [0.717, 1.165) is 17.6 Å². The van der Waals surface area contributed by atoms with Crippen LogP contribution in [0, 0.1) is 0 Å². The number of carboxylic acids is 1. The number of carbonyl (C=O) groups is 1. The second-order valence-electron chi connectivity index (χ2n) is 3.87. The number of hydrogen-bond acceptors (Lipinski definition) is 6. The fraction of sp³-hybridized carbons (Fsp3) is 0.273. The summed E-state index contributed by atoms with van der Waals surface area (Å²) in [6.07, 6.45) is 1.02. The number of rotatable bonds is 5. The summed E-state index contributed by atoms with van der Waals surface area (Å²) in [7, 11) is -3.32. The molecule has 2 aromatic rings. The molecule has 1 heterocycles. The SMILES string of the molecule is CS(=O)(=O)c1nc2ccc(OCCC(=O)O)cc2s1. The van der Waals surface area contributed by atoms with Crippen LogP contribution in [0.4, 0.5) is 0 Å². The van der Waals surface area contributed by atoms with Crippen molar-refractivity contribution < 1.29 is 23.1 Å². The molecule has 6 nitrogen and oxygen atoms in total. The average molecular weight is 301 g/mol. The lowest BCUT2D eigenvalue weighted by atomic mass is 10.3. The van der Waals surface area contributed by atoms with Crippen LogP contribution in [0.5, 0.6) is 5.75 Å². The maximum absolute atomic E-state index is 11.4. The number of aliphatic carboxylic acids is 1. The summed E-state index contributed by atoms with van der Waals surface area (Å²) < 4.78 is 28.8. The minimum atomic E-state index is -3.32. The van der Waals surface area contributed by atoms with Crippen LogP contribution in [-0.2, 0) is 14.6 Å². The number of hydrogen-bond donors (Lipinski definition) is 1. The van der Waals surface area contributed by atoms with E-state index in [1.807, 2.05) is 0 Å². The third-order valence-corrected chi connectivity index (χ3v) is 4.94. The average Bonchev–Trinajstić information content (AvgIpc) is 2.71. The molecule has 0 spiro atoms. The van der Waals surface area contributed by atoms with Crippen LogP contribution < -0.4 is 4.74 Å². The van der Waals surface area contributed by atoms with Gasteiger partial charge in [-0.05, 0) is 18.2 Å². The van der Waals surface area contributed by atoms with E-state index in [-0.39, 0.29) is 17.4 Å². The van der Waals surface area contributed by atoms with Crippen molar-refractivity contribution in [3.05, 3.63) is 18.2 Å². The maximum atomic E-state index is 11.4. The molecule has 0 aliphatic heterocycles. The summed E-state index contributed by atoms with van der Waals surface area (Å²) in [6, 6.07) is 4.94. The summed E-state index contributed by atoms with van der Waals surface area (Å²) in [4.78, 5) is 14.4. The van der Waals surface area contributed by atoms with Crippen molar-refractivity contribution in [1.29, 1.82) is 0 Å². The molecule has 0 aliphatic rings. The Kier molecular flexibility index (Phi) is 3.72. The van der Waals surface area contributed by atoms with Crippen molar-refractivity contribution in [2.24, 2.45) is 0 Å². The number of carboxylic acid groups (broad SMARTS) is 1. The molecule has 0 atom stereocenters. The third-order valence-electron chi connectivity index (χ3n) is 2.24. The first-order chi connectivity index (χ1) is 8.86. The van der Waals surface area contributed by atoms with Gasteiger partial charge in [0.25, 0.3) is 0 Å². The number of nitrogens with zero attached hydrogens (tertiary/aromatic N) is 1. The van der Waals surface area contributed by atoms with Gasteiger partial charge in [-0.25, -0.2) is 13.4 Å². The molecule has 0 saturated heterocycles. The number of ether oxygens (including phenoxy) is 1. The maximum Gasteiger partial charge on any atom is 0.306 e. The molecule has 1 aromatic carbocycles. The van der Waals surface area contributed by atoms with Crippen molar-refractivity contribution in [1.82, 2.24) is 4.98 Å². The Morgan fingerprint density at radius 2 is 2.21 bits per heavy atom. The van der Waals surface area contributed by atoms with Crippen molar-refractivity contribution in [2.75, 3.05) is 12.9 Å². The van der Waals surface area contributed by atoms with Crippen molar-refractivity contribution in [3.8, 4) is 5.75 Å². The monoisotopic (exact) mass is 301 g/mol. The van der Waals surface area contributed by atoms with Crippen molar-refractivity contribution in [3.63, 3.8) is 0 Å². The Morgan fingerprint density at radius 1 is 1.47 bits per heavy atom. The molecule has 19 heavy (non-hydrogen) atoms. The number of benzene rings is 1. The Bertz CT molecular complexity index is 720. The van der Waals surface area contributed by atoms with Crippen LogP contribution in [0.2, 0.25) is 0 Å². The van der Waals surface area contributed by atoms with Gasteiger partial charge < -0.3 is 9.84 Å². The zero-order valence-corrected chi connectivity index (χ0v) is 11.6. The van der Waals surface area contributed by atoms with Gasteiger partial charge in [-0.2, -0.15) is 0 Å². The first-order valence-electron chi connectivity index (χ1n) is 5.31. The minimum absolute atomic E-state index is 0.0604. The van der Waals surface area contributed by atoms with Gasteiger partial charge in [0.1, 0.15) is 5.75 Å². The Labute approximate surface area is 113 Å². The van der Waals surface area contributed by atoms with Crippen LogP contribution in [0.1, 0.15) is 6.42 Å². The van der Waals surface area contributed by atoms with Crippen molar-refractivity contribution >= 4 is 37.4 Å². The predicted molar refractivity (Wildman–Crippen MR) is 70.5 cm³/mol. The highest BCUT2D eigenvalue weighted by molar-refractivity contribution is 7.92. The molecule has 8 heteroatoms. The number of thiazole rings is 1. The van der Waals surface area contributed by atoms with E-state index in [4.69, 9.17) is 9.84 Å². The molecular weight excluding hydrogens is 290 g/mol. The standard InChI is InChI=1S/C11H11NO5S2/c1-19(15,16)11-12-8-3-2-7(6-9(8)18-11)17-5-4-10(13)14/h2-3,6H,4-5H2,1H3,(H,13,14). The van der Waals surface area contributed by atoms with Crippen LogP contribution in [-0.4, -0.2) is 37.3 Å². The zero-order chi connectivity index (χ0) is 14.0. The first-order valence-corrected chi connectivity index (χ1v) is 8.02. The Hall–Kier alpha value is -1.67. The molecule has 0 aliphatic carbocycles. The van der Waals surface area contributed by atoms with E-state index >= 15 is 0 Å². The highest BCUT2D eigenvalue weighted by Gasteiger charge is 2.14. The van der Waals surface area contributed by atoms with Crippen LogP contribution in [0.25, 0.3) is 10.2 Å². The molecular formula is C11H11NO5S2. The molecule has 0 bridgehead atoms. The summed E-state index contributed by atoms with van der Waals surface area (Å²) >= 11 is 1.06. The lowest BCUT2D eigenvalue weighted by Gasteiger charge is -2.03. The largest absolute Gasteiger partial charge is 0.493 e. The predicted octanol–water partition coefficient (Wildman–Crippen LogP) is 1.55. The number of fused-ring (bicyclic) bond motifs is 1. The van der Waals surface area contributed by atoms with E-state index in [1.54, 1.807) is 18.2 Å². The fourth-order valence-corrected chi connectivity index (χ4v) is 3.25. The van der Waals surface area contributed by atoms with Crippen molar-refractivity contribution in [2.45, 2.75) is 10.8 Å². The van der Waals surface area contributed by atoms with E-state index in [9.17, 15) is 13.2 Å². The number of aromatic nitrogens is 1. The summed E-state index contributed by atoms with van der Waals surface area (Å²) in [5.41, 5.74) is 0.580. The topological polar surface area (TPSA) is 93.6 Å². The third kappa shape index (κ3) is 3.42. The van der Waals surface area contributed by atoms with Gasteiger partial charge in [-0.3, -0.25) is 4.79 Å². The molecule has 0 saturated carbocycles. The summed E-state index contributed by atoms with van der Waals surface area (Å²) in [6.45, 7) is 0.0680. The molecule has 1 N–H and O–H groups in total. The molecule has 2 rings (SSSR count). The van der Waals surface area contributed by atoms with Gasteiger partial charge in [0.15, 0.2) is 0 Å². The lowest BCUT2D eigenvalue weighted by Crippen LogP contribution is -2.04. The molecule has 0 fully saturated rings. The second kappa shape index (κ2) is 5.14. The smallest absolute Gasteiger partial charge is 0.306 e. The van der Waals surface area contributed by atoms with Crippen LogP contribution in [0.3, 0.4) is 0 Å². The van der Waals surface area contributed by atoms with E-state index in [2.05, 4.69) is 4.98 Å². The normalized spacial score (nSPS) is 11.6. The Morgan fingerprint density at radius 3 is 2.84 bits per heavy atom. The van der Waals surface area contributed by atoms with Gasteiger partial charge in [0.2, 0.25) is 14.2 Å². The minimum Gasteiger partial charge on any atom is -0.493 e. The highest BCUT2D eigenvalue weighted by atomic mass is 32.2. The van der Waals surface area contributed by atoms with Gasteiger partial charge in [-0.15, -0.1) is 11.3 Å². The lowest BCUT2D eigenvalue weighted by molar-refractivity contribution is -0.137. The Balaban J connectivity index is 2.23. The van der Waals surface area contributed by atoms with E-state index in [1.165, 1.54) is 0 Å². The van der Waals surface area contributed by atoms with E-state index < -0.39 is 15.8 Å². The second-order valence-corrected chi connectivity index (χ2v) is 7.09. The van der Waals surface area contributed by atoms with Gasteiger partial charge in [-0.1, -0.05) is 0 Å². The highest BCUT2D eigenvalue weighted by Crippen LogP contribution is 2.28. The van der Waals surface area contributed by atoms with Gasteiger partial charge >= 0.3 is 5.97 Å². The van der Waals surface area contributed by atoms with Crippen LogP contribution in [0.15, 0.2) is 22.5 Å². The first kappa shape index (κ1) is 13.8. The van der Waals surface area contributed by atoms with Crippen LogP contribution >= 0.6 is 11.3 Å². The van der Waals surface area contributed by atoms with E-state index in [0.29, 0.717) is 16.0 Å². The van der Waals surface area contributed by atoms with Gasteiger partial charge in [0.05, 0.1) is 23.2 Å². The molecule has 0 radical (unpaired) electrons. The fourth-order valence-electron chi connectivity index (χ4n) is 1.39. The quantitative estimate of drug-likeness (QED) is 0.900.